The molecule has 0 aliphatic carbocycles. The van der Waals surface area contributed by atoms with E-state index in [1.165, 1.54) is 0 Å². The lowest BCUT2D eigenvalue weighted by Crippen LogP contribution is -2.26. The molecule has 0 aliphatic heterocycles. The molecule has 0 radical (unpaired) electrons. The number of hydrogen-bond donors (Lipinski definition) is 1. The van der Waals surface area contributed by atoms with E-state index in [9.17, 15) is 0 Å². The topological polar surface area (TPSA) is 40.0 Å². The summed E-state index contributed by atoms with van der Waals surface area (Å²) in [4.78, 5) is 5.83. The van der Waals surface area contributed by atoms with Gasteiger partial charge < -0.3 is 4.90 Å². The van der Waals surface area contributed by atoms with Crippen molar-refractivity contribution in [1.29, 1.82) is 5.41 Å². The van der Waals surface area contributed by atoms with Gasteiger partial charge in [0.2, 0.25) is 0 Å². The van der Waals surface area contributed by atoms with E-state index in [2.05, 4.69) is 4.98 Å². The average Bonchev–Trinajstić information content (AvgIpc) is 2.17. The molecule has 1 heterocycles. The first kappa shape index (κ1) is 8.71. The highest BCUT2D eigenvalue weighted by Crippen LogP contribution is 1.99. The first-order valence-electron chi connectivity index (χ1n) is 3.95. The number of amidine groups is 1. The van der Waals surface area contributed by atoms with E-state index >= 15 is 0 Å². The van der Waals surface area contributed by atoms with Crippen molar-refractivity contribution in [2.75, 3.05) is 13.6 Å². The van der Waals surface area contributed by atoms with Gasteiger partial charge in [0, 0.05) is 31.5 Å². The molecular weight excluding hydrogens is 150 g/mol. The van der Waals surface area contributed by atoms with Crippen molar-refractivity contribution >= 4 is 5.84 Å². The third kappa shape index (κ3) is 1.81. The Hall–Kier alpha value is -1.38. The zero-order valence-electron chi connectivity index (χ0n) is 7.41. The van der Waals surface area contributed by atoms with E-state index in [1.54, 1.807) is 12.4 Å². The van der Waals surface area contributed by atoms with Crippen LogP contribution in [0.25, 0.3) is 0 Å². The fourth-order valence-electron chi connectivity index (χ4n) is 0.881. The lowest BCUT2D eigenvalue weighted by Gasteiger charge is -2.16. The normalized spacial score (nSPS) is 9.50. The molecule has 0 unspecified atom stereocenters. The fourth-order valence-corrected chi connectivity index (χ4v) is 0.881. The molecular formula is C9H13N3. The van der Waals surface area contributed by atoms with Crippen LogP contribution in [-0.2, 0) is 0 Å². The molecule has 0 atom stereocenters. The molecule has 3 nitrogen and oxygen atoms in total. The second kappa shape index (κ2) is 3.85. The van der Waals surface area contributed by atoms with E-state index < -0.39 is 0 Å². The molecule has 64 valence electrons. The summed E-state index contributed by atoms with van der Waals surface area (Å²) in [6, 6.07) is 3.73. The predicted octanol–water partition coefficient (Wildman–Crippen LogP) is 1.36. The van der Waals surface area contributed by atoms with Gasteiger partial charge >= 0.3 is 0 Å². The average molecular weight is 163 g/mol. The van der Waals surface area contributed by atoms with Gasteiger partial charge in [0.05, 0.1) is 0 Å². The third-order valence-corrected chi connectivity index (χ3v) is 1.79. The van der Waals surface area contributed by atoms with Crippen LogP contribution in [-0.4, -0.2) is 29.3 Å². The fraction of sp³-hybridized carbons (Fsp3) is 0.333. The molecule has 0 fully saturated rings. The SMILES string of the molecule is CCN(C)C(=N)c1cccnc1. The minimum absolute atomic E-state index is 0.519. The van der Waals surface area contributed by atoms with Gasteiger partial charge in [-0.05, 0) is 19.1 Å². The van der Waals surface area contributed by atoms with Crippen molar-refractivity contribution in [3.63, 3.8) is 0 Å². The molecule has 3 heteroatoms. The van der Waals surface area contributed by atoms with Crippen molar-refractivity contribution < 1.29 is 0 Å². The van der Waals surface area contributed by atoms with Crippen LogP contribution in [0.1, 0.15) is 12.5 Å². The number of aromatic nitrogens is 1. The molecule has 1 aromatic rings. The highest BCUT2D eigenvalue weighted by molar-refractivity contribution is 5.95. The van der Waals surface area contributed by atoms with Crippen molar-refractivity contribution in [1.82, 2.24) is 9.88 Å². The van der Waals surface area contributed by atoms with Crippen LogP contribution in [0.5, 0.6) is 0 Å². The summed E-state index contributed by atoms with van der Waals surface area (Å²) in [6.45, 7) is 2.86. The van der Waals surface area contributed by atoms with E-state index in [4.69, 9.17) is 5.41 Å². The number of pyridine rings is 1. The lowest BCUT2D eigenvalue weighted by atomic mass is 10.2. The van der Waals surface area contributed by atoms with Gasteiger partial charge in [-0.15, -0.1) is 0 Å². The summed E-state index contributed by atoms with van der Waals surface area (Å²) >= 11 is 0. The minimum Gasteiger partial charge on any atom is -0.360 e. The van der Waals surface area contributed by atoms with Gasteiger partial charge in [-0.2, -0.15) is 0 Å². The van der Waals surface area contributed by atoms with E-state index in [0.717, 1.165) is 12.1 Å². The maximum atomic E-state index is 7.72. The van der Waals surface area contributed by atoms with Crippen LogP contribution in [0.15, 0.2) is 24.5 Å². The molecule has 1 aromatic heterocycles. The first-order chi connectivity index (χ1) is 5.75. The van der Waals surface area contributed by atoms with E-state index in [0.29, 0.717) is 5.84 Å². The summed E-state index contributed by atoms with van der Waals surface area (Å²) in [5.74, 6) is 0.519. The molecule has 0 saturated carbocycles. The Bertz CT molecular complexity index is 256. The van der Waals surface area contributed by atoms with Gasteiger partial charge in [0.15, 0.2) is 0 Å². The zero-order chi connectivity index (χ0) is 8.97. The van der Waals surface area contributed by atoms with Crippen LogP contribution in [0.3, 0.4) is 0 Å². The maximum Gasteiger partial charge on any atom is 0.129 e. The monoisotopic (exact) mass is 163 g/mol. The lowest BCUT2D eigenvalue weighted by molar-refractivity contribution is 0.533. The Morgan fingerprint density at radius 1 is 1.67 bits per heavy atom. The molecule has 0 amide bonds. The molecule has 0 aromatic carbocycles. The van der Waals surface area contributed by atoms with Crippen molar-refractivity contribution in [2.45, 2.75) is 6.92 Å². The molecule has 0 aliphatic rings. The van der Waals surface area contributed by atoms with Crippen LogP contribution >= 0.6 is 0 Å². The smallest absolute Gasteiger partial charge is 0.129 e. The molecule has 12 heavy (non-hydrogen) atoms. The molecule has 0 bridgehead atoms. The molecule has 0 spiro atoms. The number of nitrogens with one attached hydrogen (secondary N) is 1. The Morgan fingerprint density at radius 2 is 2.42 bits per heavy atom. The van der Waals surface area contributed by atoms with Gasteiger partial charge in [-0.1, -0.05) is 0 Å². The Labute approximate surface area is 72.6 Å². The number of hydrogen-bond acceptors (Lipinski definition) is 2. The molecule has 1 N–H and O–H groups in total. The van der Waals surface area contributed by atoms with Gasteiger partial charge in [0.25, 0.3) is 0 Å². The van der Waals surface area contributed by atoms with Crippen molar-refractivity contribution in [2.24, 2.45) is 0 Å². The largest absolute Gasteiger partial charge is 0.360 e. The van der Waals surface area contributed by atoms with Gasteiger partial charge in [0.1, 0.15) is 5.84 Å². The summed E-state index contributed by atoms with van der Waals surface area (Å²) in [5.41, 5.74) is 0.863. The van der Waals surface area contributed by atoms with Crippen LogP contribution in [0.4, 0.5) is 0 Å². The van der Waals surface area contributed by atoms with Gasteiger partial charge in [-0.3, -0.25) is 10.4 Å². The van der Waals surface area contributed by atoms with Crippen LogP contribution in [0.2, 0.25) is 0 Å². The molecule has 0 saturated heterocycles. The Morgan fingerprint density at radius 3 is 2.92 bits per heavy atom. The quantitative estimate of drug-likeness (QED) is 0.528. The number of nitrogens with zero attached hydrogens (tertiary/aromatic N) is 2. The zero-order valence-corrected chi connectivity index (χ0v) is 7.41. The third-order valence-electron chi connectivity index (χ3n) is 1.79. The summed E-state index contributed by atoms with van der Waals surface area (Å²) in [6.07, 6.45) is 3.41. The van der Waals surface area contributed by atoms with E-state index in [-0.39, 0.29) is 0 Å². The summed E-state index contributed by atoms with van der Waals surface area (Å²) < 4.78 is 0. The van der Waals surface area contributed by atoms with Crippen LogP contribution in [0, 0.1) is 5.41 Å². The number of rotatable bonds is 2. The summed E-state index contributed by atoms with van der Waals surface area (Å²) in [7, 11) is 1.90. The second-order valence-electron chi connectivity index (χ2n) is 2.60. The van der Waals surface area contributed by atoms with Crippen molar-refractivity contribution in [3.05, 3.63) is 30.1 Å². The van der Waals surface area contributed by atoms with Crippen LogP contribution < -0.4 is 0 Å². The maximum absolute atomic E-state index is 7.72. The Kier molecular flexibility index (Phi) is 2.80. The summed E-state index contributed by atoms with van der Waals surface area (Å²) in [5, 5.41) is 7.72. The predicted molar refractivity (Wildman–Crippen MR) is 49.4 cm³/mol. The standard InChI is InChI=1S/C9H13N3/c1-3-12(2)9(10)8-5-4-6-11-7-8/h4-7,10H,3H2,1-2H3. The van der Waals surface area contributed by atoms with E-state index in [1.807, 2.05) is 31.0 Å². The Balaban J connectivity index is 2.79. The highest BCUT2D eigenvalue weighted by Gasteiger charge is 2.03. The van der Waals surface area contributed by atoms with Crippen molar-refractivity contribution in [3.8, 4) is 0 Å². The second-order valence-corrected chi connectivity index (χ2v) is 2.60. The first-order valence-corrected chi connectivity index (χ1v) is 3.95. The highest BCUT2D eigenvalue weighted by atomic mass is 15.1. The van der Waals surface area contributed by atoms with Gasteiger partial charge in [-0.25, -0.2) is 0 Å². The minimum atomic E-state index is 0.519. The molecule has 1 rings (SSSR count).